The van der Waals surface area contributed by atoms with Gasteiger partial charge >= 0.3 is 5.97 Å². The molecule has 0 aliphatic carbocycles. The van der Waals surface area contributed by atoms with Crippen LogP contribution in [0.4, 0.5) is 0 Å². The molecule has 0 fully saturated rings. The lowest BCUT2D eigenvalue weighted by Gasteiger charge is -2.13. The van der Waals surface area contributed by atoms with E-state index in [1.54, 1.807) is 0 Å². The first-order valence-electron chi connectivity index (χ1n) is 11.4. The highest BCUT2D eigenvalue weighted by molar-refractivity contribution is 7.91. The molecule has 0 aromatic rings. The number of carboxylic acids is 1. The van der Waals surface area contributed by atoms with Crippen molar-refractivity contribution in [1.82, 2.24) is 5.32 Å². The summed E-state index contributed by atoms with van der Waals surface area (Å²) in [6.45, 7) is 2.44. The minimum absolute atomic E-state index is 0.0874. The molecule has 2 N–H and O–H groups in total. The second-order valence-corrected chi connectivity index (χ2v) is 10.5. The second-order valence-electron chi connectivity index (χ2n) is 8.18. The molecule has 172 valence electrons. The van der Waals surface area contributed by atoms with Crippen molar-refractivity contribution in [2.75, 3.05) is 12.8 Å². The van der Waals surface area contributed by atoms with Gasteiger partial charge in [0.2, 0.25) is 5.91 Å². The van der Waals surface area contributed by atoms with Gasteiger partial charge < -0.3 is 10.4 Å². The Labute approximate surface area is 178 Å². The van der Waals surface area contributed by atoms with Crippen LogP contribution in [0.1, 0.15) is 110 Å². The smallest absolute Gasteiger partial charge is 0.304 e. The first kappa shape index (κ1) is 27.9. The summed E-state index contributed by atoms with van der Waals surface area (Å²) in [4.78, 5) is 22.6. The molecule has 0 aromatic heterocycles. The van der Waals surface area contributed by atoms with E-state index in [0.29, 0.717) is 6.42 Å². The molecule has 0 heterocycles. The number of unbranched alkanes of at least 4 members (excludes halogenated alkanes) is 12. The Morgan fingerprint density at radius 1 is 0.828 bits per heavy atom. The predicted molar refractivity (Wildman–Crippen MR) is 119 cm³/mol. The Bertz CT molecular complexity index is 533. The molecule has 1 unspecified atom stereocenters. The highest BCUT2D eigenvalue weighted by atomic mass is 32.2. The van der Waals surface area contributed by atoms with Gasteiger partial charge in [0.15, 0.2) is 9.84 Å². The summed E-state index contributed by atoms with van der Waals surface area (Å²) in [5.41, 5.74) is 0. The van der Waals surface area contributed by atoms with Gasteiger partial charge in [0.1, 0.15) is 0 Å². The summed E-state index contributed by atoms with van der Waals surface area (Å²) in [5.74, 6) is -1.23. The molecular weight excluding hydrogens is 390 g/mol. The van der Waals surface area contributed by atoms with E-state index < -0.39 is 27.5 Å². The molecule has 0 aliphatic heterocycles. The van der Waals surface area contributed by atoms with Crippen LogP contribution in [0.5, 0.6) is 0 Å². The van der Waals surface area contributed by atoms with E-state index in [1.165, 1.54) is 64.2 Å². The third-order valence-corrected chi connectivity index (χ3v) is 6.92. The van der Waals surface area contributed by atoms with Crippen LogP contribution in [0.25, 0.3) is 0 Å². The summed E-state index contributed by atoms with van der Waals surface area (Å²) >= 11 is 0. The van der Waals surface area contributed by atoms with Gasteiger partial charge in [-0.25, -0.2) is 8.42 Å². The van der Waals surface area contributed by atoms with Crippen molar-refractivity contribution in [3.05, 3.63) is 0 Å². The van der Waals surface area contributed by atoms with E-state index in [1.807, 2.05) is 0 Å². The lowest BCUT2D eigenvalue weighted by Crippen LogP contribution is -2.31. The molecule has 1 atom stereocenters. The van der Waals surface area contributed by atoms with E-state index in [-0.39, 0.29) is 18.9 Å². The molecule has 0 aromatic carbocycles. The molecule has 0 bridgehead atoms. The largest absolute Gasteiger partial charge is 0.481 e. The molecule has 7 heteroatoms. The van der Waals surface area contributed by atoms with Crippen molar-refractivity contribution in [2.45, 2.75) is 115 Å². The van der Waals surface area contributed by atoms with Crippen LogP contribution >= 0.6 is 0 Å². The van der Waals surface area contributed by atoms with Gasteiger partial charge in [-0.3, -0.25) is 9.59 Å². The van der Waals surface area contributed by atoms with Gasteiger partial charge in [-0.15, -0.1) is 0 Å². The van der Waals surface area contributed by atoms with Crippen molar-refractivity contribution < 1.29 is 23.1 Å². The van der Waals surface area contributed by atoms with Crippen LogP contribution in [0.15, 0.2) is 0 Å². The fraction of sp³-hybridized carbons (Fsp3) is 0.909. The van der Waals surface area contributed by atoms with E-state index in [2.05, 4.69) is 12.2 Å². The number of carbonyl (C=O) groups is 2. The number of carboxylic acid groups (broad SMARTS) is 1. The molecule has 0 aliphatic rings. The van der Waals surface area contributed by atoms with Crippen molar-refractivity contribution in [3.63, 3.8) is 0 Å². The van der Waals surface area contributed by atoms with Crippen LogP contribution in [-0.4, -0.2) is 43.5 Å². The van der Waals surface area contributed by atoms with Crippen LogP contribution in [0.2, 0.25) is 0 Å². The number of aliphatic carboxylic acids is 1. The minimum Gasteiger partial charge on any atom is -0.481 e. The van der Waals surface area contributed by atoms with Crippen LogP contribution in [0, 0.1) is 0 Å². The summed E-state index contributed by atoms with van der Waals surface area (Å²) < 4.78 is 23.2. The highest BCUT2D eigenvalue weighted by Crippen LogP contribution is 2.13. The fourth-order valence-corrected chi connectivity index (χ4v) is 4.42. The zero-order chi connectivity index (χ0) is 22.0. The number of amides is 1. The van der Waals surface area contributed by atoms with E-state index in [0.717, 1.165) is 25.5 Å². The van der Waals surface area contributed by atoms with Gasteiger partial charge in [0.25, 0.3) is 0 Å². The number of hydrogen-bond donors (Lipinski definition) is 2. The number of carbonyl (C=O) groups excluding carboxylic acids is 1. The van der Waals surface area contributed by atoms with Gasteiger partial charge in [-0.2, -0.15) is 0 Å². The molecule has 0 spiro atoms. The van der Waals surface area contributed by atoms with Gasteiger partial charge in [0.05, 0.1) is 11.7 Å². The second kappa shape index (κ2) is 17.7. The molecule has 0 radical (unpaired) electrons. The summed E-state index contributed by atoms with van der Waals surface area (Å²) in [6, 6.07) is 0. The first-order chi connectivity index (χ1) is 13.8. The maximum Gasteiger partial charge on any atom is 0.304 e. The van der Waals surface area contributed by atoms with Gasteiger partial charge in [-0.1, -0.05) is 84.0 Å². The lowest BCUT2D eigenvalue weighted by atomic mass is 10.0. The summed E-state index contributed by atoms with van der Waals surface area (Å²) in [7, 11) is -3.43. The standard InChI is InChI=1S/C22H43NO5S/c1-3-4-5-6-7-8-9-10-11-12-13-14-15-16-21(24)23-18-17-20(19-22(25)26)29(2,27)28/h20H,3-19H2,1-2H3,(H,23,24)(H,25,26). The third kappa shape index (κ3) is 18.6. The van der Waals surface area contributed by atoms with E-state index >= 15 is 0 Å². The fourth-order valence-electron chi connectivity index (χ4n) is 3.43. The third-order valence-electron chi connectivity index (χ3n) is 5.30. The molecule has 0 rings (SSSR count). The molecule has 0 saturated carbocycles. The Kier molecular flexibility index (Phi) is 17.0. The number of sulfone groups is 1. The van der Waals surface area contributed by atoms with Crippen molar-refractivity contribution >= 4 is 21.7 Å². The molecule has 6 nitrogen and oxygen atoms in total. The maximum atomic E-state index is 11.8. The monoisotopic (exact) mass is 433 g/mol. The summed E-state index contributed by atoms with van der Waals surface area (Å²) in [6.07, 6.45) is 17.5. The van der Waals surface area contributed by atoms with Crippen molar-refractivity contribution in [2.24, 2.45) is 0 Å². The minimum atomic E-state index is -3.43. The van der Waals surface area contributed by atoms with Crippen LogP contribution in [0.3, 0.4) is 0 Å². The Hall–Kier alpha value is -1.11. The van der Waals surface area contributed by atoms with Crippen LogP contribution < -0.4 is 5.32 Å². The molecule has 0 saturated heterocycles. The first-order valence-corrected chi connectivity index (χ1v) is 13.4. The van der Waals surface area contributed by atoms with Crippen molar-refractivity contribution in [3.8, 4) is 0 Å². The number of hydrogen-bond acceptors (Lipinski definition) is 4. The number of rotatable bonds is 20. The predicted octanol–water partition coefficient (Wildman–Crippen LogP) is 4.86. The molecule has 1 amide bonds. The zero-order valence-electron chi connectivity index (χ0n) is 18.6. The van der Waals surface area contributed by atoms with Crippen LogP contribution in [-0.2, 0) is 19.4 Å². The molecular formula is C22H43NO5S. The Balaban J connectivity index is 3.55. The average molecular weight is 434 g/mol. The zero-order valence-corrected chi connectivity index (χ0v) is 19.4. The highest BCUT2D eigenvalue weighted by Gasteiger charge is 2.23. The average Bonchev–Trinajstić information content (AvgIpc) is 2.63. The lowest BCUT2D eigenvalue weighted by molar-refractivity contribution is -0.137. The van der Waals surface area contributed by atoms with E-state index in [4.69, 9.17) is 5.11 Å². The van der Waals surface area contributed by atoms with Gasteiger partial charge in [0, 0.05) is 19.2 Å². The number of nitrogens with one attached hydrogen (secondary N) is 1. The molecule has 29 heavy (non-hydrogen) atoms. The SMILES string of the molecule is CCCCCCCCCCCCCCCC(=O)NCCC(CC(=O)O)S(C)(=O)=O. The Morgan fingerprint density at radius 2 is 1.28 bits per heavy atom. The van der Waals surface area contributed by atoms with Gasteiger partial charge in [-0.05, 0) is 12.8 Å². The maximum absolute atomic E-state index is 11.8. The topological polar surface area (TPSA) is 101 Å². The van der Waals surface area contributed by atoms with E-state index in [9.17, 15) is 18.0 Å². The van der Waals surface area contributed by atoms with Crippen molar-refractivity contribution in [1.29, 1.82) is 0 Å². The Morgan fingerprint density at radius 3 is 1.69 bits per heavy atom. The summed E-state index contributed by atoms with van der Waals surface area (Å²) in [5, 5.41) is 10.5. The quantitative estimate of drug-likeness (QED) is 0.267. The normalized spacial score (nSPS) is 12.6.